The molecule has 4 rings (SSSR count). The molecular weight excluding hydrogens is 387 g/mol. The molecule has 3 N–H and O–H groups in total. The molecule has 1 aromatic carbocycles. The van der Waals surface area contributed by atoms with Gasteiger partial charge in [-0.1, -0.05) is 0 Å². The van der Waals surface area contributed by atoms with Crippen molar-refractivity contribution in [2.45, 2.75) is 19.1 Å². The maximum absolute atomic E-state index is 13.5. The zero-order chi connectivity index (χ0) is 20.8. The lowest BCUT2D eigenvalue weighted by Gasteiger charge is -2.32. The van der Waals surface area contributed by atoms with Crippen molar-refractivity contribution < 1.29 is 23.1 Å². The molecule has 152 valence electrons. The number of hydrogen-bond donors (Lipinski definition) is 3. The fraction of sp³-hybridized carbons (Fsp3) is 0.316. The molecule has 1 aliphatic heterocycles. The predicted molar refractivity (Wildman–Crippen MR) is 99.4 cm³/mol. The van der Waals surface area contributed by atoms with Crippen molar-refractivity contribution in [2.75, 3.05) is 19.6 Å². The monoisotopic (exact) mass is 405 g/mol. The van der Waals surface area contributed by atoms with Crippen LogP contribution in [0.25, 0.3) is 22.3 Å². The fourth-order valence-electron chi connectivity index (χ4n) is 3.47. The van der Waals surface area contributed by atoms with Gasteiger partial charge >= 0.3 is 6.18 Å². The van der Waals surface area contributed by atoms with E-state index < -0.39 is 17.8 Å². The topological polar surface area (TPSA) is 94.1 Å². The van der Waals surface area contributed by atoms with E-state index in [0.29, 0.717) is 30.9 Å². The summed E-state index contributed by atoms with van der Waals surface area (Å²) >= 11 is 0. The van der Waals surface area contributed by atoms with E-state index in [1.54, 1.807) is 12.1 Å². The first-order chi connectivity index (χ1) is 13.7. The number of piperazine rings is 1. The van der Waals surface area contributed by atoms with Gasteiger partial charge in [-0.05, 0) is 37.3 Å². The van der Waals surface area contributed by atoms with E-state index in [9.17, 15) is 23.1 Å². The summed E-state index contributed by atoms with van der Waals surface area (Å²) in [4.78, 5) is 19.0. The minimum atomic E-state index is -4.73. The van der Waals surface area contributed by atoms with Crippen LogP contribution in [-0.2, 0) is 6.18 Å². The van der Waals surface area contributed by atoms with Gasteiger partial charge < -0.3 is 15.3 Å². The van der Waals surface area contributed by atoms with Gasteiger partial charge in [0.15, 0.2) is 11.3 Å². The SMILES string of the molecule is C[C@@H]1CN(C(=O)c2cc(-c3ccc(O)cc3)nc3[nH]nc(C(F)(F)F)c23)CCN1. The third-order valence-electron chi connectivity index (χ3n) is 4.85. The Morgan fingerprint density at radius 2 is 2.00 bits per heavy atom. The van der Waals surface area contributed by atoms with Crippen LogP contribution in [0.2, 0.25) is 0 Å². The van der Waals surface area contributed by atoms with Gasteiger partial charge in [0.2, 0.25) is 0 Å². The van der Waals surface area contributed by atoms with Crippen molar-refractivity contribution in [1.29, 1.82) is 0 Å². The number of aromatic amines is 1. The average Bonchev–Trinajstić information content (AvgIpc) is 3.12. The van der Waals surface area contributed by atoms with Crippen molar-refractivity contribution >= 4 is 16.9 Å². The lowest BCUT2D eigenvalue weighted by molar-refractivity contribution is -0.139. The minimum Gasteiger partial charge on any atom is -0.508 e. The fourth-order valence-corrected chi connectivity index (χ4v) is 3.47. The smallest absolute Gasteiger partial charge is 0.435 e. The Labute approximate surface area is 163 Å². The van der Waals surface area contributed by atoms with Crippen LogP contribution < -0.4 is 5.32 Å². The Balaban J connectivity index is 1.89. The van der Waals surface area contributed by atoms with Gasteiger partial charge in [-0.25, -0.2) is 4.98 Å². The summed E-state index contributed by atoms with van der Waals surface area (Å²) in [5.74, 6) is -0.459. The van der Waals surface area contributed by atoms with E-state index in [0.717, 1.165) is 0 Å². The summed E-state index contributed by atoms with van der Waals surface area (Å²) in [7, 11) is 0. The minimum absolute atomic E-state index is 0.0352. The molecule has 29 heavy (non-hydrogen) atoms. The summed E-state index contributed by atoms with van der Waals surface area (Å²) in [6, 6.07) is 7.42. The number of aromatic hydroxyl groups is 1. The quantitative estimate of drug-likeness (QED) is 0.610. The molecule has 0 aliphatic carbocycles. The van der Waals surface area contributed by atoms with E-state index in [1.165, 1.54) is 23.1 Å². The second-order valence-electron chi connectivity index (χ2n) is 7.00. The molecule has 1 saturated heterocycles. The Morgan fingerprint density at radius 3 is 2.66 bits per heavy atom. The van der Waals surface area contributed by atoms with Crippen LogP contribution in [-0.4, -0.2) is 56.8 Å². The molecule has 0 spiro atoms. The molecule has 1 atom stereocenters. The standard InChI is InChI=1S/C19H18F3N5O2/c1-10-9-27(7-6-23-10)18(29)13-8-14(11-2-4-12(28)5-3-11)24-17-15(13)16(25-26-17)19(20,21)22/h2-5,8,10,23,28H,6-7,9H2,1H3,(H,24,25,26)/t10-/m1/s1. The van der Waals surface area contributed by atoms with Crippen molar-refractivity contribution in [3.63, 3.8) is 0 Å². The van der Waals surface area contributed by atoms with Gasteiger partial charge in [0.05, 0.1) is 16.6 Å². The zero-order valence-corrected chi connectivity index (χ0v) is 15.4. The summed E-state index contributed by atoms with van der Waals surface area (Å²) in [6.07, 6.45) is -4.73. The van der Waals surface area contributed by atoms with Gasteiger partial charge in [-0.15, -0.1) is 0 Å². The first-order valence-corrected chi connectivity index (χ1v) is 9.02. The van der Waals surface area contributed by atoms with Crippen LogP contribution in [0.1, 0.15) is 23.0 Å². The Hall–Kier alpha value is -3.14. The van der Waals surface area contributed by atoms with Crippen LogP contribution >= 0.6 is 0 Å². The van der Waals surface area contributed by atoms with Crippen LogP contribution in [0.15, 0.2) is 30.3 Å². The number of carbonyl (C=O) groups excluding carboxylic acids is 1. The largest absolute Gasteiger partial charge is 0.508 e. The highest BCUT2D eigenvalue weighted by molar-refractivity contribution is 6.07. The van der Waals surface area contributed by atoms with E-state index in [1.807, 2.05) is 6.92 Å². The molecule has 0 bridgehead atoms. The van der Waals surface area contributed by atoms with Gasteiger partial charge in [-0.3, -0.25) is 9.89 Å². The van der Waals surface area contributed by atoms with Gasteiger partial charge in [0.25, 0.3) is 5.91 Å². The lowest BCUT2D eigenvalue weighted by atomic mass is 10.0. The number of phenolic OH excluding ortho intramolecular Hbond substituents is 1. The second-order valence-corrected chi connectivity index (χ2v) is 7.00. The van der Waals surface area contributed by atoms with Crippen LogP contribution in [0, 0.1) is 0 Å². The number of nitrogens with one attached hydrogen (secondary N) is 2. The molecule has 1 aliphatic rings. The van der Waals surface area contributed by atoms with Crippen LogP contribution in [0.5, 0.6) is 5.75 Å². The van der Waals surface area contributed by atoms with Crippen molar-refractivity contribution in [3.05, 3.63) is 41.6 Å². The van der Waals surface area contributed by atoms with Crippen molar-refractivity contribution in [2.24, 2.45) is 0 Å². The molecule has 7 nitrogen and oxygen atoms in total. The second kappa shape index (κ2) is 7.03. The maximum atomic E-state index is 13.5. The number of halogens is 3. The molecule has 0 unspecified atom stereocenters. The summed E-state index contributed by atoms with van der Waals surface area (Å²) < 4.78 is 40.5. The normalized spacial score (nSPS) is 17.7. The maximum Gasteiger partial charge on any atom is 0.435 e. The highest BCUT2D eigenvalue weighted by Crippen LogP contribution is 2.36. The zero-order valence-electron chi connectivity index (χ0n) is 15.4. The molecule has 1 fully saturated rings. The number of benzene rings is 1. The van der Waals surface area contributed by atoms with Gasteiger partial charge in [0, 0.05) is 31.2 Å². The van der Waals surface area contributed by atoms with Crippen LogP contribution in [0.3, 0.4) is 0 Å². The molecule has 10 heteroatoms. The number of alkyl halides is 3. The predicted octanol–water partition coefficient (Wildman–Crippen LogP) is 2.78. The number of H-pyrrole nitrogens is 1. The van der Waals surface area contributed by atoms with E-state index in [-0.39, 0.29) is 28.4 Å². The van der Waals surface area contributed by atoms with E-state index in [2.05, 4.69) is 20.5 Å². The molecule has 0 saturated carbocycles. The Kier molecular flexibility index (Phi) is 4.65. The molecule has 3 heterocycles. The molecule has 2 aromatic heterocycles. The van der Waals surface area contributed by atoms with E-state index >= 15 is 0 Å². The highest BCUT2D eigenvalue weighted by Gasteiger charge is 2.39. The van der Waals surface area contributed by atoms with Crippen LogP contribution in [0.4, 0.5) is 13.2 Å². The number of aromatic nitrogens is 3. The first-order valence-electron chi connectivity index (χ1n) is 9.02. The lowest BCUT2D eigenvalue weighted by Crippen LogP contribution is -2.51. The summed E-state index contributed by atoms with van der Waals surface area (Å²) in [5.41, 5.74) is -0.525. The van der Waals surface area contributed by atoms with E-state index in [4.69, 9.17) is 0 Å². The molecule has 3 aromatic rings. The Morgan fingerprint density at radius 1 is 1.28 bits per heavy atom. The number of phenols is 1. The third-order valence-corrected chi connectivity index (χ3v) is 4.85. The third kappa shape index (κ3) is 3.63. The number of carbonyl (C=O) groups is 1. The Bertz CT molecular complexity index is 1060. The van der Waals surface area contributed by atoms with Crippen molar-refractivity contribution in [1.82, 2.24) is 25.4 Å². The van der Waals surface area contributed by atoms with Gasteiger partial charge in [0.1, 0.15) is 5.75 Å². The number of pyridine rings is 1. The summed E-state index contributed by atoms with van der Waals surface area (Å²) in [5, 5.41) is 18.0. The summed E-state index contributed by atoms with van der Waals surface area (Å²) in [6.45, 7) is 3.24. The number of rotatable bonds is 2. The van der Waals surface area contributed by atoms with Crippen molar-refractivity contribution in [3.8, 4) is 17.0 Å². The van der Waals surface area contributed by atoms with Gasteiger partial charge in [-0.2, -0.15) is 18.3 Å². The first kappa shape index (κ1) is 19.2. The average molecular weight is 405 g/mol. The molecule has 0 radical (unpaired) electrons. The molecule has 1 amide bonds. The highest BCUT2D eigenvalue weighted by atomic mass is 19.4. The number of fused-ring (bicyclic) bond motifs is 1. The number of amides is 1. The molecular formula is C19H18F3N5O2. The number of nitrogens with zero attached hydrogens (tertiary/aromatic N) is 3. The number of hydrogen-bond acceptors (Lipinski definition) is 5.